The molecule has 1 aromatic heterocycles. The van der Waals surface area contributed by atoms with Gasteiger partial charge in [-0.3, -0.25) is 4.79 Å². The van der Waals surface area contributed by atoms with Crippen LogP contribution in [0.4, 0.5) is 21.6 Å². The van der Waals surface area contributed by atoms with E-state index in [1.807, 2.05) is 42.2 Å². The van der Waals surface area contributed by atoms with Crippen molar-refractivity contribution in [1.29, 1.82) is 0 Å². The SMILES string of the molecule is CCN(c1ccccc1)c1cc(C(=O)Nc2ccc(F)cc2)nc(C)n1. The minimum absolute atomic E-state index is 0.256. The van der Waals surface area contributed by atoms with Gasteiger partial charge in [-0.2, -0.15) is 0 Å². The second-order valence-electron chi connectivity index (χ2n) is 5.70. The highest BCUT2D eigenvalue weighted by Gasteiger charge is 2.15. The Morgan fingerprint density at radius 2 is 1.77 bits per heavy atom. The zero-order valence-electron chi connectivity index (χ0n) is 14.6. The average Bonchev–Trinajstić information content (AvgIpc) is 2.65. The van der Waals surface area contributed by atoms with Gasteiger partial charge < -0.3 is 10.2 Å². The van der Waals surface area contributed by atoms with Crippen molar-refractivity contribution in [1.82, 2.24) is 9.97 Å². The summed E-state index contributed by atoms with van der Waals surface area (Å²) in [4.78, 5) is 23.2. The van der Waals surface area contributed by atoms with Crippen LogP contribution in [0.1, 0.15) is 23.2 Å². The smallest absolute Gasteiger partial charge is 0.274 e. The third-order valence-corrected chi connectivity index (χ3v) is 3.82. The van der Waals surface area contributed by atoms with Gasteiger partial charge in [0, 0.05) is 24.0 Å². The van der Waals surface area contributed by atoms with Gasteiger partial charge in [0.1, 0.15) is 23.2 Å². The number of carbonyl (C=O) groups excluding carboxylic acids is 1. The molecule has 132 valence electrons. The molecule has 3 rings (SSSR count). The highest BCUT2D eigenvalue weighted by molar-refractivity contribution is 6.03. The van der Waals surface area contributed by atoms with E-state index < -0.39 is 0 Å². The van der Waals surface area contributed by atoms with Crippen LogP contribution in [0.15, 0.2) is 60.7 Å². The van der Waals surface area contributed by atoms with Crippen LogP contribution in [-0.2, 0) is 0 Å². The summed E-state index contributed by atoms with van der Waals surface area (Å²) in [6.45, 7) is 4.46. The minimum Gasteiger partial charge on any atom is -0.327 e. The van der Waals surface area contributed by atoms with Crippen molar-refractivity contribution < 1.29 is 9.18 Å². The number of anilines is 3. The van der Waals surface area contributed by atoms with Gasteiger partial charge in [-0.1, -0.05) is 18.2 Å². The first-order chi connectivity index (χ1) is 12.6. The number of amides is 1. The zero-order valence-corrected chi connectivity index (χ0v) is 14.6. The predicted octanol–water partition coefficient (Wildman–Crippen LogP) is 4.33. The van der Waals surface area contributed by atoms with Gasteiger partial charge in [-0.25, -0.2) is 14.4 Å². The normalized spacial score (nSPS) is 10.4. The monoisotopic (exact) mass is 350 g/mol. The van der Waals surface area contributed by atoms with Crippen molar-refractivity contribution in [3.63, 3.8) is 0 Å². The van der Waals surface area contributed by atoms with Gasteiger partial charge in [0.05, 0.1) is 0 Å². The largest absolute Gasteiger partial charge is 0.327 e. The highest BCUT2D eigenvalue weighted by atomic mass is 19.1. The van der Waals surface area contributed by atoms with E-state index in [0.717, 1.165) is 5.69 Å². The van der Waals surface area contributed by atoms with Crippen LogP contribution in [0.5, 0.6) is 0 Å². The standard InChI is InChI=1S/C20H19FN4O/c1-3-25(17-7-5-4-6-8-17)19-13-18(22-14(2)23-19)20(26)24-16-11-9-15(21)10-12-16/h4-13H,3H2,1-2H3,(H,24,26). The Labute approximate surface area is 151 Å². The second-order valence-corrected chi connectivity index (χ2v) is 5.70. The molecule has 1 N–H and O–H groups in total. The van der Waals surface area contributed by atoms with Crippen molar-refractivity contribution >= 4 is 23.1 Å². The summed E-state index contributed by atoms with van der Waals surface area (Å²) in [5.41, 5.74) is 1.74. The summed E-state index contributed by atoms with van der Waals surface area (Å²) in [7, 11) is 0. The lowest BCUT2D eigenvalue weighted by Gasteiger charge is -2.22. The van der Waals surface area contributed by atoms with E-state index >= 15 is 0 Å². The molecule has 6 heteroatoms. The van der Waals surface area contributed by atoms with E-state index in [2.05, 4.69) is 15.3 Å². The molecule has 1 heterocycles. The molecule has 0 saturated carbocycles. The Bertz CT molecular complexity index is 897. The minimum atomic E-state index is -0.368. The molecule has 0 aliphatic carbocycles. The zero-order chi connectivity index (χ0) is 18.5. The third-order valence-electron chi connectivity index (χ3n) is 3.82. The van der Waals surface area contributed by atoms with Crippen molar-refractivity contribution in [2.45, 2.75) is 13.8 Å². The maximum absolute atomic E-state index is 13.0. The summed E-state index contributed by atoms with van der Waals surface area (Å²) in [5.74, 6) is 0.425. The number of rotatable bonds is 5. The van der Waals surface area contributed by atoms with E-state index in [-0.39, 0.29) is 17.4 Å². The topological polar surface area (TPSA) is 58.1 Å². The molecule has 0 atom stereocenters. The number of halogens is 1. The van der Waals surface area contributed by atoms with Gasteiger partial charge >= 0.3 is 0 Å². The van der Waals surface area contributed by atoms with Crippen molar-refractivity contribution in [3.8, 4) is 0 Å². The molecule has 0 spiro atoms. The summed E-state index contributed by atoms with van der Waals surface area (Å²) < 4.78 is 13.0. The van der Waals surface area contributed by atoms with Crippen LogP contribution in [0.25, 0.3) is 0 Å². The van der Waals surface area contributed by atoms with Crippen LogP contribution in [0, 0.1) is 12.7 Å². The highest BCUT2D eigenvalue weighted by Crippen LogP contribution is 2.24. The third kappa shape index (κ3) is 4.03. The number of nitrogens with zero attached hydrogens (tertiary/aromatic N) is 3. The molecule has 2 aromatic carbocycles. The second kappa shape index (κ2) is 7.74. The van der Waals surface area contributed by atoms with E-state index in [1.165, 1.54) is 24.3 Å². The first-order valence-electron chi connectivity index (χ1n) is 8.32. The molecule has 3 aromatic rings. The number of carbonyl (C=O) groups is 1. The van der Waals surface area contributed by atoms with Gasteiger partial charge in [0.15, 0.2) is 0 Å². The lowest BCUT2D eigenvalue weighted by molar-refractivity contribution is 0.102. The summed E-state index contributed by atoms with van der Waals surface area (Å²) in [6, 6.07) is 17.1. The maximum atomic E-state index is 13.0. The summed E-state index contributed by atoms with van der Waals surface area (Å²) in [6.07, 6.45) is 0. The van der Waals surface area contributed by atoms with Crippen LogP contribution >= 0.6 is 0 Å². The number of aromatic nitrogens is 2. The van der Waals surface area contributed by atoms with E-state index in [1.54, 1.807) is 13.0 Å². The molecule has 0 radical (unpaired) electrons. The maximum Gasteiger partial charge on any atom is 0.274 e. The number of para-hydroxylation sites is 1. The fourth-order valence-corrected chi connectivity index (χ4v) is 2.62. The Morgan fingerprint density at radius 1 is 1.08 bits per heavy atom. The van der Waals surface area contributed by atoms with Crippen LogP contribution in [-0.4, -0.2) is 22.4 Å². The molecule has 0 fully saturated rings. The fourth-order valence-electron chi connectivity index (χ4n) is 2.62. The Balaban J connectivity index is 1.89. The van der Waals surface area contributed by atoms with Gasteiger partial charge in [-0.05, 0) is 50.2 Å². The molecule has 26 heavy (non-hydrogen) atoms. The van der Waals surface area contributed by atoms with E-state index in [0.29, 0.717) is 23.9 Å². The number of nitrogens with one attached hydrogen (secondary N) is 1. The predicted molar refractivity (Wildman–Crippen MR) is 100 cm³/mol. The fraction of sp³-hybridized carbons (Fsp3) is 0.150. The summed E-state index contributed by atoms with van der Waals surface area (Å²) in [5, 5.41) is 2.72. The molecule has 0 aliphatic rings. The Kier molecular flexibility index (Phi) is 5.22. The molecule has 0 aliphatic heterocycles. The van der Waals surface area contributed by atoms with Crippen LogP contribution < -0.4 is 10.2 Å². The lowest BCUT2D eigenvalue weighted by atomic mass is 10.2. The van der Waals surface area contributed by atoms with E-state index in [4.69, 9.17) is 0 Å². The van der Waals surface area contributed by atoms with Crippen molar-refractivity contribution in [3.05, 3.63) is 78.0 Å². The quantitative estimate of drug-likeness (QED) is 0.744. The molecular formula is C20H19FN4O. The van der Waals surface area contributed by atoms with Crippen molar-refractivity contribution in [2.24, 2.45) is 0 Å². The molecule has 5 nitrogen and oxygen atoms in total. The molecule has 0 unspecified atom stereocenters. The van der Waals surface area contributed by atoms with Crippen molar-refractivity contribution in [2.75, 3.05) is 16.8 Å². The van der Waals surface area contributed by atoms with Crippen LogP contribution in [0.2, 0.25) is 0 Å². The summed E-state index contributed by atoms with van der Waals surface area (Å²) >= 11 is 0. The average molecular weight is 350 g/mol. The Hall–Kier alpha value is -3.28. The molecular weight excluding hydrogens is 331 g/mol. The number of hydrogen-bond acceptors (Lipinski definition) is 4. The van der Waals surface area contributed by atoms with Gasteiger partial charge in [0.25, 0.3) is 5.91 Å². The number of benzene rings is 2. The molecule has 0 saturated heterocycles. The number of aryl methyl sites for hydroxylation is 1. The van der Waals surface area contributed by atoms with Crippen LogP contribution in [0.3, 0.4) is 0 Å². The first kappa shape index (κ1) is 17.5. The Morgan fingerprint density at radius 3 is 2.42 bits per heavy atom. The van der Waals surface area contributed by atoms with Gasteiger partial charge in [0.2, 0.25) is 0 Å². The lowest BCUT2D eigenvalue weighted by Crippen LogP contribution is -2.21. The first-order valence-corrected chi connectivity index (χ1v) is 8.32. The molecule has 1 amide bonds. The van der Waals surface area contributed by atoms with Gasteiger partial charge in [-0.15, -0.1) is 0 Å². The molecule has 0 bridgehead atoms. The van der Waals surface area contributed by atoms with E-state index in [9.17, 15) is 9.18 Å². The number of hydrogen-bond donors (Lipinski definition) is 1.